The van der Waals surface area contributed by atoms with Crippen LogP contribution in [0.3, 0.4) is 0 Å². The van der Waals surface area contributed by atoms with E-state index in [9.17, 15) is 18.0 Å². The summed E-state index contributed by atoms with van der Waals surface area (Å²) in [4.78, 5) is 30.4. The summed E-state index contributed by atoms with van der Waals surface area (Å²) >= 11 is 7.02. The van der Waals surface area contributed by atoms with Gasteiger partial charge >= 0.3 is 0 Å². The van der Waals surface area contributed by atoms with Crippen molar-refractivity contribution in [2.45, 2.75) is 50.5 Å². The number of ketones is 1. The molecule has 30 heavy (non-hydrogen) atoms. The van der Waals surface area contributed by atoms with Crippen LogP contribution in [0, 0.1) is 5.41 Å². The van der Waals surface area contributed by atoms with Crippen LogP contribution in [0.2, 0.25) is 5.02 Å². The number of thiazole rings is 1. The number of amides is 1. The first-order valence-electron chi connectivity index (χ1n) is 9.68. The molecule has 0 saturated carbocycles. The van der Waals surface area contributed by atoms with Gasteiger partial charge in [0.2, 0.25) is 15.9 Å². The number of fused-ring (bicyclic) bond motifs is 1. The maximum atomic E-state index is 13.0. The van der Waals surface area contributed by atoms with Crippen molar-refractivity contribution in [1.29, 1.82) is 0 Å². The average molecular weight is 468 g/mol. The molecule has 0 spiro atoms. The van der Waals surface area contributed by atoms with E-state index in [1.807, 2.05) is 13.8 Å². The number of Topliss-reactive ketones (excluding diaryl/α,β-unsaturated/α-hetero) is 1. The van der Waals surface area contributed by atoms with Crippen molar-refractivity contribution in [3.8, 4) is 0 Å². The summed E-state index contributed by atoms with van der Waals surface area (Å²) in [6.07, 6.45) is 2.13. The highest BCUT2D eigenvalue weighted by molar-refractivity contribution is 7.89. The summed E-state index contributed by atoms with van der Waals surface area (Å²) < 4.78 is 27.3. The van der Waals surface area contributed by atoms with Gasteiger partial charge in [-0.3, -0.25) is 9.59 Å². The molecule has 1 amide bonds. The standard InChI is InChI=1S/C20H22ClN3O4S2/c1-20(2)10-14-17(16(25)11-20)29-19(22-14)23-18(26)15-4-3-9-24(15)30(27,28)13-7-5-12(21)6-8-13/h5-8,15H,3-4,9-11H2,1-2H3,(H,22,23,26). The number of hydrogen-bond donors (Lipinski definition) is 1. The average Bonchev–Trinajstić information content (AvgIpc) is 3.28. The van der Waals surface area contributed by atoms with E-state index in [0.29, 0.717) is 46.4 Å². The Morgan fingerprint density at radius 1 is 1.27 bits per heavy atom. The van der Waals surface area contributed by atoms with E-state index in [2.05, 4.69) is 10.3 Å². The Balaban J connectivity index is 1.54. The van der Waals surface area contributed by atoms with Crippen LogP contribution in [-0.4, -0.2) is 42.0 Å². The lowest BCUT2D eigenvalue weighted by molar-refractivity contribution is -0.119. The lowest BCUT2D eigenvalue weighted by Crippen LogP contribution is -2.43. The number of nitrogens with zero attached hydrogens (tertiary/aromatic N) is 2. The Labute approximate surface area is 184 Å². The fourth-order valence-electron chi connectivity index (χ4n) is 3.99. The number of aromatic nitrogens is 1. The molecular weight excluding hydrogens is 446 g/mol. The molecule has 160 valence electrons. The molecule has 1 saturated heterocycles. The quantitative estimate of drug-likeness (QED) is 0.738. The molecule has 1 unspecified atom stereocenters. The van der Waals surface area contributed by atoms with Crippen molar-refractivity contribution >= 4 is 49.8 Å². The predicted molar refractivity (Wildman–Crippen MR) is 116 cm³/mol. The molecule has 7 nitrogen and oxygen atoms in total. The maximum absolute atomic E-state index is 13.0. The number of hydrogen-bond acceptors (Lipinski definition) is 6. The first-order chi connectivity index (χ1) is 14.1. The van der Waals surface area contributed by atoms with Gasteiger partial charge in [0.15, 0.2) is 10.9 Å². The molecule has 2 aliphatic rings. The van der Waals surface area contributed by atoms with Crippen LogP contribution in [0.1, 0.15) is 48.5 Å². The SMILES string of the molecule is CC1(C)CC(=O)c2sc(NC(=O)C3CCCN3S(=O)(=O)c3ccc(Cl)cc3)nc2C1. The fourth-order valence-corrected chi connectivity index (χ4v) is 6.70. The number of benzene rings is 1. The minimum absolute atomic E-state index is 0.0343. The van der Waals surface area contributed by atoms with Gasteiger partial charge in [-0.05, 0) is 48.9 Å². The van der Waals surface area contributed by atoms with Gasteiger partial charge in [-0.15, -0.1) is 0 Å². The third kappa shape index (κ3) is 4.03. The molecule has 1 aromatic carbocycles. The van der Waals surface area contributed by atoms with Gasteiger partial charge in [0, 0.05) is 18.0 Å². The maximum Gasteiger partial charge on any atom is 0.244 e. The molecule has 1 aliphatic heterocycles. The molecule has 1 aromatic heterocycles. The van der Waals surface area contributed by atoms with E-state index in [-0.39, 0.29) is 22.6 Å². The molecule has 0 bridgehead atoms. The van der Waals surface area contributed by atoms with Crippen LogP contribution in [0.5, 0.6) is 0 Å². The lowest BCUT2D eigenvalue weighted by atomic mass is 9.78. The minimum atomic E-state index is -3.83. The van der Waals surface area contributed by atoms with E-state index >= 15 is 0 Å². The van der Waals surface area contributed by atoms with Crippen molar-refractivity contribution < 1.29 is 18.0 Å². The minimum Gasteiger partial charge on any atom is -0.301 e. The van der Waals surface area contributed by atoms with E-state index < -0.39 is 22.0 Å². The highest BCUT2D eigenvalue weighted by Gasteiger charge is 2.40. The second-order valence-corrected chi connectivity index (χ2v) is 11.8. The number of halogens is 1. The van der Waals surface area contributed by atoms with Crippen molar-refractivity contribution in [1.82, 2.24) is 9.29 Å². The summed E-state index contributed by atoms with van der Waals surface area (Å²) in [5, 5.41) is 3.52. The van der Waals surface area contributed by atoms with Gasteiger partial charge in [-0.2, -0.15) is 4.31 Å². The zero-order valence-corrected chi connectivity index (χ0v) is 19.0. The Morgan fingerprint density at radius 2 is 1.97 bits per heavy atom. The van der Waals surface area contributed by atoms with Crippen LogP contribution in [0.15, 0.2) is 29.2 Å². The van der Waals surface area contributed by atoms with Gasteiger partial charge in [0.25, 0.3) is 0 Å². The number of carbonyl (C=O) groups is 2. The van der Waals surface area contributed by atoms with Crippen LogP contribution in [0.25, 0.3) is 0 Å². The second-order valence-electron chi connectivity index (χ2n) is 8.45. The largest absolute Gasteiger partial charge is 0.301 e. The second kappa shape index (κ2) is 7.71. The van der Waals surface area contributed by atoms with Crippen molar-refractivity contribution in [2.75, 3.05) is 11.9 Å². The molecule has 4 rings (SSSR count). The molecule has 1 fully saturated rings. The number of carbonyl (C=O) groups excluding carboxylic acids is 2. The highest BCUT2D eigenvalue weighted by Crippen LogP contribution is 2.38. The number of rotatable bonds is 4. The Kier molecular flexibility index (Phi) is 5.50. The van der Waals surface area contributed by atoms with Crippen molar-refractivity contribution in [2.24, 2.45) is 5.41 Å². The third-order valence-corrected chi connectivity index (χ3v) is 8.62. The normalized spacial score (nSPS) is 21.4. The third-order valence-electron chi connectivity index (χ3n) is 5.39. The highest BCUT2D eigenvalue weighted by atomic mass is 35.5. The molecule has 2 aromatic rings. The molecule has 1 atom stereocenters. The first kappa shape index (κ1) is 21.4. The van der Waals surface area contributed by atoms with E-state index in [4.69, 9.17) is 11.6 Å². The van der Waals surface area contributed by atoms with Crippen molar-refractivity contribution in [3.05, 3.63) is 39.9 Å². The van der Waals surface area contributed by atoms with Gasteiger partial charge in [0.1, 0.15) is 6.04 Å². The smallest absolute Gasteiger partial charge is 0.244 e. The number of anilines is 1. The predicted octanol–water partition coefficient (Wildman–Crippen LogP) is 3.74. The van der Waals surface area contributed by atoms with E-state index in [0.717, 1.165) is 11.3 Å². The summed E-state index contributed by atoms with van der Waals surface area (Å²) in [5.41, 5.74) is 0.544. The molecule has 1 N–H and O–H groups in total. The Morgan fingerprint density at radius 3 is 2.67 bits per heavy atom. The van der Waals surface area contributed by atoms with Crippen molar-refractivity contribution in [3.63, 3.8) is 0 Å². The van der Waals surface area contributed by atoms with Gasteiger partial charge in [-0.1, -0.05) is 36.8 Å². The monoisotopic (exact) mass is 467 g/mol. The first-order valence-corrected chi connectivity index (χ1v) is 12.3. The lowest BCUT2D eigenvalue weighted by Gasteiger charge is -2.26. The summed E-state index contributed by atoms with van der Waals surface area (Å²) in [6, 6.07) is 5.08. The summed E-state index contributed by atoms with van der Waals surface area (Å²) in [6.45, 7) is 4.30. The zero-order chi connectivity index (χ0) is 21.7. The fraction of sp³-hybridized carbons (Fsp3) is 0.450. The molecule has 2 heterocycles. The van der Waals surface area contributed by atoms with Crippen LogP contribution in [0.4, 0.5) is 5.13 Å². The van der Waals surface area contributed by atoms with Gasteiger partial charge in [-0.25, -0.2) is 13.4 Å². The van der Waals surface area contributed by atoms with Crippen LogP contribution >= 0.6 is 22.9 Å². The van der Waals surface area contributed by atoms with E-state index in [1.54, 1.807) is 0 Å². The zero-order valence-electron chi connectivity index (χ0n) is 16.6. The topological polar surface area (TPSA) is 96.4 Å². The molecule has 1 aliphatic carbocycles. The molecule has 0 radical (unpaired) electrons. The number of sulfonamides is 1. The Bertz CT molecular complexity index is 1110. The van der Waals surface area contributed by atoms with E-state index in [1.165, 1.54) is 28.6 Å². The summed E-state index contributed by atoms with van der Waals surface area (Å²) in [7, 11) is -3.83. The molecular formula is C20H22ClN3O4S2. The van der Waals surface area contributed by atoms with Gasteiger partial charge in [0.05, 0.1) is 15.5 Å². The number of nitrogens with one attached hydrogen (secondary N) is 1. The van der Waals surface area contributed by atoms with Crippen LogP contribution in [-0.2, 0) is 21.2 Å². The molecule has 10 heteroatoms. The van der Waals surface area contributed by atoms with Crippen LogP contribution < -0.4 is 5.32 Å². The van der Waals surface area contributed by atoms with Gasteiger partial charge < -0.3 is 5.32 Å². The summed E-state index contributed by atoms with van der Waals surface area (Å²) in [5.74, 6) is -0.394. The Hall–Kier alpha value is -1.81.